The highest BCUT2D eigenvalue weighted by Crippen LogP contribution is 2.30. The smallest absolute Gasteiger partial charge is 0.342 e. The quantitative estimate of drug-likeness (QED) is 0.489. The molecule has 0 aliphatic heterocycles. The predicted molar refractivity (Wildman–Crippen MR) is 94.3 cm³/mol. The van der Waals surface area contributed by atoms with Gasteiger partial charge in [-0.05, 0) is 48.2 Å². The molecule has 0 spiro atoms. The molecular formula is C17H13ClN2O4S. The molecule has 0 saturated heterocycles. The molecule has 0 unspecified atom stereocenters. The Morgan fingerprint density at radius 1 is 1.20 bits per heavy atom. The first kappa shape index (κ1) is 17.3. The van der Waals surface area contributed by atoms with E-state index in [2.05, 4.69) is 10.2 Å². The second-order valence-electron chi connectivity index (χ2n) is 4.94. The number of hydrogen-bond donors (Lipinski definition) is 1. The summed E-state index contributed by atoms with van der Waals surface area (Å²) < 4.78 is 11.0. The number of hydrogen-bond acceptors (Lipinski definition) is 6. The summed E-state index contributed by atoms with van der Waals surface area (Å²) in [6.07, 6.45) is 2.00. The molecule has 0 radical (unpaired) electrons. The Hall–Kier alpha value is -2.51. The molecule has 0 aliphatic rings. The zero-order chi connectivity index (χ0) is 17.8. The van der Waals surface area contributed by atoms with Crippen LogP contribution in [0.5, 0.6) is 0 Å². The predicted octanol–water partition coefficient (Wildman–Crippen LogP) is 4.76. The van der Waals surface area contributed by atoms with Crippen LogP contribution in [-0.4, -0.2) is 21.3 Å². The Morgan fingerprint density at radius 3 is 2.60 bits per heavy atom. The fourth-order valence-corrected chi connectivity index (χ4v) is 2.78. The monoisotopic (exact) mass is 376 g/mol. The highest BCUT2D eigenvalue weighted by molar-refractivity contribution is 8.03. The zero-order valence-corrected chi connectivity index (χ0v) is 14.7. The van der Waals surface area contributed by atoms with Crippen LogP contribution in [0.25, 0.3) is 17.4 Å². The van der Waals surface area contributed by atoms with Crippen LogP contribution in [-0.2, 0) is 11.2 Å². The van der Waals surface area contributed by atoms with E-state index in [9.17, 15) is 9.90 Å². The second-order valence-corrected chi connectivity index (χ2v) is 6.37. The van der Waals surface area contributed by atoms with Gasteiger partial charge in [0.25, 0.3) is 5.22 Å². The van der Waals surface area contributed by atoms with Crippen LogP contribution >= 0.6 is 23.4 Å². The van der Waals surface area contributed by atoms with Crippen molar-refractivity contribution in [3.05, 3.63) is 58.0 Å². The lowest BCUT2D eigenvalue weighted by atomic mass is 10.2. The third kappa shape index (κ3) is 4.32. The van der Waals surface area contributed by atoms with Gasteiger partial charge in [0.05, 0.1) is 0 Å². The molecule has 128 valence electrons. The molecule has 0 aliphatic carbocycles. The minimum absolute atomic E-state index is 0.0170. The van der Waals surface area contributed by atoms with Gasteiger partial charge >= 0.3 is 5.97 Å². The summed E-state index contributed by atoms with van der Waals surface area (Å²) in [5.41, 5.74) is 0.845. The maximum absolute atomic E-state index is 11.5. The van der Waals surface area contributed by atoms with Crippen molar-refractivity contribution in [3.8, 4) is 11.3 Å². The Balaban J connectivity index is 1.83. The lowest BCUT2D eigenvalue weighted by Crippen LogP contribution is -1.96. The number of halogens is 1. The average molecular weight is 377 g/mol. The standard InChI is InChI=1S/C17H13ClN2O4S/c1-2-15-19-20-17(24-15)25-14(16(21)22)9-12-7-8-13(23-12)10-3-5-11(18)6-4-10/h3-9H,2H2,1H3,(H,21,22)/b14-9-. The van der Waals surface area contributed by atoms with Gasteiger partial charge in [0, 0.05) is 23.1 Å². The van der Waals surface area contributed by atoms with Crippen LogP contribution in [0, 0.1) is 0 Å². The van der Waals surface area contributed by atoms with Gasteiger partial charge in [-0.15, -0.1) is 10.2 Å². The Morgan fingerprint density at radius 2 is 1.96 bits per heavy atom. The van der Waals surface area contributed by atoms with Crippen LogP contribution in [0.15, 0.2) is 55.4 Å². The molecule has 1 aromatic carbocycles. The number of carboxylic acids is 1. The van der Waals surface area contributed by atoms with E-state index in [1.807, 2.05) is 19.1 Å². The number of nitrogens with zero attached hydrogens (tertiary/aromatic N) is 2. The van der Waals surface area contributed by atoms with E-state index in [0.717, 1.165) is 17.3 Å². The third-order valence-electron chi connectivity index (χ3n) is 3.19. The summed E-state index contributed by atoms with van der Waals surface area (Å²) in [5, 5.41) is 17.8. The SMILES string of the molecule is CCc1nnc(S/C(=C\c2ccc(-c3ccc(Cl)cc3)o2)C(=O)O)o1. The first-order valence-electron chi connectivity index (χ1n) is 7.36. The number of aliphatic carboxylic acids is 1. The topological polar surface area (TPSA) is 89.4 Å². The summed E-state index contributed by atoms with van der Waals surface area (Å²) in [4.78, 5) is 11.5. The van der Waals surface area contributed by atoms with Crippen molar-refractivity contribution in [2.75, 3.05) is 0 Å². The molecule has 6 nitrogen and oxygen atoms in total. The molecule has 0 fully saturated rings. The van der Waals surface area contributed by atoms with E-state index in [0.29, 0.717) is 28.9 Å². The number of furan rings is 1. The van der Waals surface area contributed by atoms with Crippen molar-refractivity contribution < 1.29 is 18.7 Å². The summed E-state index contributed by atoms with van der Waals surface area (Å²) in [5.74, 6) is 0.370. The Bertz CT molecular complexity index is 915. The highest BCUT2D eigenvalue weighted by Gasteiger charge is 2.16. The zero-order valence-electron chi connectivity index (χ0n) is 13.1. The maximum atomic E-state index is 11.5. The molecule has 2 heterocycles. The van der Waals surface area contributed by atoms with E-state index in [-0.39, 0.29) is 10.1 Å². The molecule has 0 saturated carbocycles. The van der Waals surface area contributed by atoms with Gasteiger partial charge in [-0.1, -0.05) is 18.5 Å². The minimum atomic E-state index is -1.11. The highest BCUT2D eigenvalue weighted by atomic mass is 35.5. The van der Waals surface area contributed by atoms with Gasteiger partial charge in [-0.3, -0.25) is 0 Å². The van der Waals surface area contributed by atoms with Gasteiger partial charge in [0.2, 0.25) is 5.89 Å². The lowest BCUT2D eigenvalue weighted by Gasteiger charge is -1.98. The van der Waals surface area contributed by atoms with Crippen molar-refractivity contribution in [1.29, 1.82) is 0 Å². The number of rotatable bonds is 6. The van der Waals surface area contributed by atoms with E-state index >= 15 is 0 Å². The lowest BCUT2D eigenvalue weighted by molar-refractivity contribution is -0.131. The molecule has 0 bridgehead atoms. The Labute approximate surface area is 152 Å². The van der Waals surface area contributed by atoms with Crippen LogP contribution in [0.4, 0.5) is 0 Å². The number of benzene rings is 1. The molecule has 2 aromatic heterocycles. The van der Waals surface area contributed by atoms with Gasteiger partial charge < -0.3 is 13.9 Å². The van der Waals surface area contributed by atoms with Gasteiger partial charge in [-0.25, -0.2) is 4.79 Å². The fourth-order valence-electron chi connectivity index (χ4n) is 1.98. The molecule has 3 rings (SSSR count). The fraction of sp³-hybridized carbons (Fsp3) is 0.118. The minimum Gasteiger partial charge on any atom is -0.477 e. The number of thioether (sulfide) groups is 1. The average Bonchev–Trinajstić information content (AvgIpc) is 3.24. The molecule has 0 amide bonds. The van der Waals surface area contributed by atoms with Crippen molar-refractivity contribution in [2.24, 2.45) is 0 Å². The summed E-state index contributed by atoms with van der Waals surface area (Å²) in [7, 11) is 0. The second kappa shape index (κ2) is 7.58. The molecule has 0 atom stereocenters. The van der Waals surface area contributed by atoms with Crippen molar-refractivity contribution in [2.45, 2.75) is 18.6 Å². The van der Waals surface area contributed by atoms with Crippen molar-refractivity contribution in [3.63, 3.8) is 0 Å². The molecular weight excluding hydrogens is 364 g/mol. The normalized spacial score (nSPS) is 11.7. The largest absolute Gasteiger partial charge is 0.477 e. The van der Waals surface area contributed by atoms with Crippen molar-refractivity contribution in [1.82, 2.24) is 10.2 Å². The number of carboxylic acid groups (broad SMARTS) is 1. The van der Waals surface area contributed by atoms with Gasteiger partial charge in [0.1, 0.15) is 16.4 Å². The first-order valence-corrected chi connectivity index (χ1v) is 8.55. The number of carbonyl (C=O) groups is 1. The number of aromatic nitrogens is 2. The first-order chi connectivity index (χ1) is 12.0. The van der Waals surface area contributed by atoms with Gasteiger partial charge in [-0.2, -0.15) is 0 Å². The third-order valence-corrected chi connectivity index (χ3v) is 4.29. The molecule has 8 heteroatoms. The van der Waals surface area contributed by atoms with E-state index in [1.165, 1.54) is 6.08 Å². The van der Waals surface area contributed by atoms with E-state index < -0.39 is 5.97 Å². The molecule has 25 heavy (non-hydrogen) atoms. The van der Waals surface area contributed by atoms with Crippen molar-refractivity contribution >= 4 is 35.4 Å². The van der Waals surface area contributed by atoms with Crippen LogP contribution in [0.2, 0.25) is 5.02 Å². The van der Waals surface area contributed by atoms with Gasteiger partial charge in [0.15, 0.2) is 0 Å². The summed E-state index contributed by atoms with van der Waals surface area (Å²) in [6, 6.07) is 10.6. The van der Waals surface area contributed by atoms with E-state index in [4.69, 9.17) is 20.4 Å². The Kier molecular flexibility index (Phi) is 5.25. The van der Waals surface area contributed by atoms with Crippen LogP contribution in [0.3, 0.4) is 0 Å². The van der Waals surface area contributed by atoms with Crippen LogP contribution in [0.1, 0.15) is 18.6 Å². The summed E-state index contributed by atoms with van der Waals surface area (Å²) >= 11 is 6.75. The van der Waals surface area contributed by atoms with Crippen LogP contribution < -0.4 is 0 Å². The van der Waals surface area contributed by atoms with E-state index in [1.54, 1.807) is 24.3 Å². The molecule has 1 N–H and O–H groups in total. The maximum Gasteiger partial charge on any atom is 0.342 e. The molecule has 3 aromatic rings. The number of aryl methyl sites for hydroxylation is 1. The summed E-state index contributed by atoms with van der Waals surface area (Å²) in [6.45, 7) is 1.87.